The molecule has 0 saturated carbocycles. The van der Waals surface area contributed by atoms with Crippen LogP contribution < -0.4 is 10.8 Å². The van der Waals surface area contributed by atoms with Crippen LogP contribution >= 0.6 is 0 Å². The summed E-state index contributed by atoms with van der Waals surface area (Å²) < 4.78 is 5.45. The molecule has 74 valence electrons. The van der Waals surface area contributed by atoms with Gasteiger partial charge in [0, 0.05) is 10.8 Å². The Morgan fingerprint density at radius 2 is 1.93 bits per heavy atom. The van der Waals surface area contributed by atoms with Crippen molar-refractivity contribution in [2.24, 2.45) is 0 Å². The Bertz CT molecular complexity index is 632. The summed E-state index contributed by atoms with van der Waals surface area (Å²) in [6, 6.07) is 9.50. The van der Waals surface area contributed by atoms with E-state index in [1.54, 1.807) is 6.08 Å². The van der Waals surface area contributed by atoms with Gasteiger partial charge in [0.1, 0.15) is 10.8 Å². The predicted octanol–water partition coefficient (Wildman–Crippen LogP) is 0.510. The second kappa shape index (κ2) is 3.99. The lowest BCUT2D eigenvalue weighted by Gasteiger charge is -1.84. The van der Waals surface area contributed by atoms with Crippen LogP contribution in [-0.4, -0.2) is 11.7 Å². The molecule has 0 aliphatic carbocycles. The van der Waals surface area contributed by atoms with Crippen LogP contribution in [0.15, 0.2) is 28.7 Å². The first-order valence-corrected chi connectivity index (χ1v) is 4.55. The Morgan fingerprint density at radius 1 is 1.27 bits per heavy atom. The number of hydrogen-bond acceptors (Lipinski definition) is 3. The minimum Gasteiger partial charge on any atom is -0.456 e. The van der Waals surface area contributed by atoms with Crippen molar-refractivity contribution in [1.82, 2.24) is 0 Å². The molecule has 15 heavy (non-hydrogen) atoms. The normalized spacial score (nSPS) is 13.3. The second-order valence-corrected chi connectivity index (χ2v) is 3.04. The van der Waals surface area contributed by atoms with Crippen LogP contribution in [0.3, 0.4) is 0 Å². The van der Waals surface area contributed by atoms with E-state index in [4.69, 9.17) is 14.8 Å². The van der Waals surface area contributed by atoms with E-state index in [0.717, 1.165) is 10.8 Å². The summed E-state index contributed by atoms with van der Waals surface area (Å²) in [4.78, 5) is 0. The Balaban J connectivity index is 2.94. The number of benzene rings is 1. The monoisotopic (exact) mass is 199 g/mol. The van der Waals surface area contributed by atoms with Gasteiger partial charge < -0.3 is 9.52 Å². The molecular weight excluding hydrogens is 190 g/mol. The molecule has 1 heterocycles. The van der Waals surface area contributed by atoms with Crippen LogP contribution in [0.25, 0.3) is 22.9 Å². The van der Waals surface area contributed by atoms with Crippen LogP contribution in [0.4, 0.5) is 0 Å². The van der Waals surface area contributed by atoms with Gasteiger partial charge in [-0.25, -0.2) is 0 Å². The molecular formula is C12H9NO2. The van der Waals surface area contributed by atoms with Crippen LogP contribution in [0.5, 0.6) is 0 Å². The first kappa shape index (κ1) is 9.50. The number of hydrogen-bond donors (Lipinski definition) is 1. The van der Waals surface area contributed by atoms with Gasteiger partial charge in [0.15, 0.2) is 0 Å². The van der Waals surface area contributed by atoms with Gasteiger partial charge in [-0.15, -0.1) is 0 Å². The molecule has 0 aliphatic heterocycles. The van der Waals surface area contributed by atoms with E-state index in [1.807, 2.05) is 30.3 Å². The quantitative estimate of drug-likeness (QED) is 0.728. The van der Waals surface area contributed by atoms with Gasteiger partial charge in [-0.2, -0.15) is 5.26 Å². The fraction of sp³-hybridized carbons (Fsp3) is 0.0833. The molecule has 0 radical (unpaired) electrons. The minimum atomic E-state index is -0.0799. The Kier molecular flexibility index (Phi) is 2.53. The summed E-state index contributed by atoms with van der Waals surface area (Å²) in [6.45, 7) is -0.0799. The number of furan rings is 1. The third kappa shape index (κ3) is 1.63. The molecule has 0 fully saturated rings. The molecule has 0 atom stereocenters. The van der Waals surface area contributed by atoms with Crippen molar-refractivity contribution in [2.45, 2.75) is 0 Å². The predicted molar refractivity (Wildman–Crippen MR) is 57.1 cm³/mol. The summed E-state index contributed by atoms with van der Waals surface area (Å²) in [5.41, 5.74) is 1.14. The molecule has 0 spiro atoms. The van der Waals surface area contributed by atoms with Crippen LogP contribution in [0, 0.1) is 11.3 Å². The number of aliphatic hydroxyl groups is 1. The topological polar surface area (TPSA) is 57.2 Å². The fourth-order valence-corrected chi connectivity index (χ4v) is 1.54. The van der Waals surface area contributed by atoms with E-state index in [1.165, 1.54) is 6.08 Å². The zero-order valence-electron chi connectivity index (χ0n) is 7.97. The number of aliphatic hydroxyl groups excluding tert-OH is 1. The Hall–Kier alpha value is -2.05. The first-order valence-electron chi connectivity index (χ1n) is 4.55. The summed E-state index contributed by atoms with van der Waals surface area (Å²) in [6.07, 6.45) is 2.94. The molecule has 2 rings (SSSR count). The van der Waals surface area contributed by atoms with Crippen LogP contribution in [0.1, 0.15) is 0 Å². The van der Waals surface area contributed by atoms with Crippen molar-refractivity contribution in [2.75, 3.05) is 6.61 Å². The summed E-state index contributed by atoms with van der Waals surface area (Å²) in [7, 11) is 0. The van der Waals surface area contributed by atoms with E-state index >= 15 is 0 Å². The number of fused-ring (bicyclic) bond motifs is 1. The smallest absolute Gasteiger partial charge is 0.145 e. The highest BCUT2D eigenvalue weighted by molar-refractivity contribution is 5.83. The molecule has 0 bridgehead atoms. The van der Waals surface area contributed by atoms with Gasteiger partial charge in [-0.1, -0.05) is 24.3 Å². The number of nitrogens with zero attached hydrogens (tertiary/aromatic N) is 1. The standard InChI is InChI=1S/C12H9NO2/c13-7-5-11-9-3-1-2-4-10(9)12(15-11)6-8-14/h1-6,14H,8H2/b11-5-,12-6-. The maximum absolute atomic E-state index is 8.83. The molecule has 3 heteroatoms. The zero-order valence-corrected chi connectivity index (χ0v) is 7.97. The fourth-order valence-electron chi connectivity index (χ4n) is 1.54. The van der Waals surface area contributed by atoms with Gasteiger partial charge >= 0.3 is 0 Å². The molecule has 0 unspecified atom stereocenters. The maximum Gasteiger partial charge on any atom is 0.145 e. The summed E-state index contributed by atoms with van der Waals surface area (Å²) >= 11 is 0. The maximum atomic E-state index is 8.83. The van der Waals surface area contributed by atoms with Crippen molar-refractivity contribution in [3.8, 4) is 6.07 Å². The van der Waals surface area contributed by atoms with E-state index < -0.39 is 0 Å². The van der Waals surface area contributed by atoms with Gasteiger partial charge in [-0.3, -0.25) is 0 Å². The average Bonchev–Trinajstić information content (AvgIpc) is 2.59. The largest absolute Gasteiger partial charge is 0.456 e. The number of rotatable bonds is 1. The molecule has 0 amide bonds. The Labute approximate surface area is 86.2 Å². The average molecular weight is 199 g/mol. The Morgan fingerprint density at radius 3 is 2.53 bits per heavy atom. The highest BCUT2D eigenvalue weighted by Crippen LogP contribution is 2.04. The van der Waals surface area contributed by atoms with Gasteiger partial charge in [0.25, 0.3) is 0 Å². The van der Waals surface area contributed by atoms with E-state index in [2.05, 4.69) is 0 Å². The lowest BCUT2D eigenvalue weighted by Crippen LogP contribution is -2.00. The van der Waals surface area contributed by atoms with Crippen molar-refractivity contribution in [1.29, 1.82) is 5.26 Å². The molecule has 0 aliphatic rings. The first-order chi connectivity index (χ1) is 7.36. The van der Waals surface area contributed by atoms with Gasteiger partial charge in [0.2, 0.25) is 0 Å². The molecule has 1 N–H and O–H groups in total. The second-order valence-electron chi connectivity index (χ2n) is 3.04. The molecule has 0 saturated heterocycles. The van der Waals surface area contributed by atoms with Crippen molar-refractivity contribution >= 4 is 22.9 Å². The molecule has 1 aromatic heterocycles. The van der Waals surface area contributed by atoms with E-state index in [0.29, 0.717) is 10.8 Å². The van der Waals surface area contributed by atoms with Crippen molar-refractivity contribution in [3.05, 3.63) is 35.1 Å². The van der Waals surface area contributed by atoms with Gasteiger partial charge in [-0.05, 0) is 6.08 Å². The lowest BCUT2D eigenvalue weighted by atomic mass is 10.2. The molecule has 3 nitrogen and oxygen atoms in total. The van der Waals surface area contributed by atoms with E-state index in [-0.39, 0.29) is 6.61 Å². The highest BCUT2D eigenvalue weighted by atomic mass is 16.3. The molecule has 2 aromatic rings. The highest BCUT2D eigenvalue weighted by Gasteiger charge is 2.00. The SMILES string of the molecule is N#C/C=c1\o/c(=C\CO)c2ccccc12. The lowest BCUT2D eigenvalue weighted by molar-refractivity contribution is 0.352. The van der Waals surface area contributed by atoms with Gasteiger partial charge in [0.05, 0.1) is 18.8 Å². The van der Waals surface area contributed by atoms with Crippen molar-refractivity contribution < 1.29 is 9.52 Å². The van der Waals surface area contributed by atoms with Crippen LogP contribution in [0.2, 0.25) is 0 Å². The number of nitriles is 1. The zero-order chi connectivity index (χ0) is 10.7. The third-order valence-corrected chi connectivity index (χ3v) is 2.15. The van der Waals surface area contributed by atoms with Crippen molar-refractivity contribution in [3.63, 3.8) is 0 Å². The minimum absolute atomic E-state index is 0.0799. The molecule has 1 aromatic carbocycles. The summed E-state index contributed by atoms with van der Waals surface area (Å²) in [5, 5.41) is 19.2. The summed E-state index contributed by atoms with van der Waals surface area (Å²) in [5.74, 6) is 0. The van der Waals surface area contributed by atoms with E-state index in [9.17, 15) is 0 Å². The van der Waals surface area contributed by atoms with Crippen LogP contribution in [-0.2, 0) is 0 Å². The third-order valence-electron chi connectivity index (χ3n) is 2.15.